The van der Waals surface area contributed by atoms with Crippen LogP contribution >= 0.6 is 22.7 Å². The molecule has 39 heavy (non-hydrogen) atoms. The third-order valence-corrected chi connectivity index (χ3v) is 8.46. The average molecular weight is 573 g/mol. The summed E-state index contributed by atoms with van der Waals surface area (Å²) < 4.78 is 28.9. The van der Waals surface area contributed by atoms with Crippen molar-refractivity contribution in [1.29, 1.82) is 5.26 Å². The van der Waals surface area contributed by atoms with Crippen molar-refractivity contribution in [2.75, 3.05) is 5.32 Å². The van der Waals surface area contributed by atoms with Crippen LogP contribution in [0.15, 0.2) is 87.5 Å². The number of nitrogens with one attached hydrogen (secondary N) is 1. The molecule has 0 spiro atoms. The number of anilines is 1. The van der Waals surface area contributed by atoms with Crippen LogP contribution in [0, 0.1) is 18.3 Å². The Kier molecular flexibility index (Phi) is 7.28. The van der Waals surface area contributed by atoms with Crippen LogP contribution in [0.2, 0.25) is 0 Å². The average Bonchev–Trinajstić information content (AvgIpc) is 3.69. The van der Waals surface area contributed by atoms with E-state index < -0.39 is 10.0 Å². The highest BCUT2D eigenvalue weighted by molar-refractivity contribution is 7.89. The summed E-state index contributed by atoms with van der Waals surface area (Å²) >= 11 is 2.54. The predicted octanol–water partition coefficient (Wildman–Crippen LogP) is 6.40. The quantitative estimate of drug-likeness (QED) is 0.216. The summed E-state index contributed by atoms with van der Waals surface area (Å²) in [4.78, 5) is 18.1. The van der Waals surface area contributed by atoms with Gasteiger partial charge in [0, 0.05) is 17.2 Å². The second kappa shape index (κ2) is 10.8. The predicted molar refractivity (Wildman–Crippen MR) is 154 cm³/mol. The van der Waals surface area contributed by atoms with Gasteiger partial charge < -0.3 is 9.73 Å². The summed E-state index contributed by atoms with van der Waals surface area (Å²) in [7, 11) is -3.80. The number of sulfonamides is 1. The van der Waals surface area contributed by atoms with E-state index in [0.717, 1.165) is 11.1 Å². The number of primary sulfonamides is 1. The number of aromatic nitrogens is 1. The van der Waals surface area contributed by atoms with Gasteiger partial charge in [0.2, 0.25) is 10.0 Å². The summed E-state index contributed by atoms with van der Waals surface area (Å²) in [6.45, 7) is 1.98. The number of thiazole rings is 1. The van der Waals surface area contributed by atoms with Gasteiger partial charge in [0.1, 0.15) is 33.3 Å². The highest BCUT2D eigenvalue weighted by atomic mass is 32.2. The zero-order chi connectivity index (χ0) is 27.6. The summed E-state index contributed by atoms with van der Waals surface area (Å²) in [6.07, 6.45) is 1.57. The van der Waals surface area contributed by atoms with Crippen molar-refractivity contribution in [3.8, 4) is 28.7 Å². The molecule has 2 aromatic carbocycles. The Morgan fingerprint density at radius 2 is 1.77 bits per heavy atom. The number of carbonyl (C=O) groups excluding carboxylic acids is 1. The maximum Gasteiger partial charge on any atom is 0.266 e. The zero-order valence-electron chi connectivity index (χ0n) is 20.4. The Balaban J connectivity index is 1.48. The summed E-state index contributed by atoms with van der Waals surface area (Å²) in [6, 6.07) is 22.9. The van der Waals surface area contributed by atoms with Crippen LogP contribution in [-0.2, 0) is 10.0 Å². The van der Waals surface area contributed by atoms with Crippen molar-refractivity contribution in [2.45, 2.75) is 11.8 Å². The van der Waals surface area contributed by atoms with Crippen molar-refractivity contribution in [3.63, 3.8) is 0 Å². The fraction of sp³-hybridized carbons (Fsp3) is 0.0357. The van der Waals surface area contributed by atoms with Gasteiger partial charge in [-0.2, -0.15) is 5.26 Å². The number of nitrogens with two attached hydrogens (primary N) is 1. The monoisotopic (exact) mass is 572 g/mol. The van der Waals surface area contributed by atoms with E-state index in [1.54, 1.807) is 42.5 Å². The standard InChI is InChI=1S/C28H20N4O4S3/c1-17-4-6-19(7-5-17)25-28(32-26(33)24-3-2-14-37-24)38-27(31-25)20(16-29)15-21-10-13-23(36-21)18-8-11-22(12-9-18)39(30,34)35/h2-15H,1H3,(H,32,33)(H2,30,34,35). The molecule has 5 aromatic rings. The van der Waals surface area contributed by atoms with Gasteiger partial charge >= 0.3 is 0 Å². The number of benzene rings is 2. The third-order valence-electron chi connectivity index (χ3n) is 5.66. The topological polar surface area (TPSA) is 139 Å². The van der Waals surface area contributed by atoms with Gasteiger partial charge in [0.05, 0.1) is 15.3 Å². The van der Waals surface area contributed by atoms with Gasteiger partial charge in [-0.05, 0) is 54.8 Å². The van der Waals surface area contributed by atoms with Crippen LogP contribution in [0.5, 0.6) is 0 Å². The number of carbonyl (C=O) groups is 1. The van der Waals surface area contributed by atoms with Crippen molar-refractivity contribution < 1.29 is 17.6 Å². The Labute approximate surface area is 232 Å². The Hall–Kier alpha value is -4.34. The molecule has 0 atom stereocenters. The van der Waals surface area contributed by atoms with Gasteiger partial charge in [0.25, 0.3) is 5.91 Å². The van der Waals surface area contributed by atoms with E-state index in [0.29, 0.717) is 37.7 Å². The molecule has 11 heteroatoms. The van der Waals surface area contributed by atoms with E-state index in [9.17, 15) is 18.5 Å². The van der Waals surface area contributed by atoms with Crippen molar-refractivity contribution in [2.24, 2.45) is 5.14 Å². The molecule has 0 aliphatic carbocycles. The van der Waals surface area contributed by atoms with Gasteiger partial charge in [-0.1, -0.05) is 47.2 Å². The molecule has 3 aromatic heterocycles. The first-order chi connectivity index (χ1) is 18.7. The van der Waals surface area contributed by atoms with Crippen molar-refractivity contribution in [3.05, 3.63) is 99.4 Å². The smallest absolute Gasteiger partial charge is 0.266 e. The number of thiophene rings is 1. The highest BCUT2D eigenvalue weighted by Crippen LogP contribution is 2.37. The second-order valence-electron chi connectivity index (χ2n) is 8.44. The number of hydrogen-bond donors (Lipinski definition) is 2. The molecule has 0 aliphatic rings. The molecule has 0 fully saturated rings. The molecule has 1 amide bonds. The Bertz CT molecular complexity index is 1830. The number of rotatable bonds is 7. The number of nitriles is 1. The number of aryl methyl sites for hydroxylation is 1. The molecule has 0 unspecified atom stereocenters. The molecule has 0 aliphatic heterocycles. The highest BCUT2D eigenvalue weighted by Gasteiger charge is 2.19. The first-order valence-corrected chi connectivity index (χ1v) is 14.7. The number of furan rings is 1. The number of nitrogens with zero attached hydrogens (tertiary/aromatic N) is 2. The molecule has 0 saturated heterocycles. The van der Waals surface area contributed by atoms with Crippen molar-refractivity contribution >= 4 is 55.3 Å². The van der Waals surface area contributed by atoms with Crippen LogP contribution in [0.1, 0.15) is 26.0 Å². The van der Waals surface area contributed by atoms with E-state index in [2.05, 4.69) is 11.4 Å². The van der Waals surface area contributed by atoms with Gasteiger partial charge in [-0.3, -0.25) is 4.79 Å². The molecular formula is C28H20N4O4S3. The SMILES string of the molecule is Cc1ccc(-c2nc(C(C#N)=Cc3ccc(-c4ccc(S(N)(=O)=O)cc4)o3)sc2NC(=O)c2cccs2)cc1. The molecule has 3 N–H and O–H groups in total. The first kappa shape index (κ1) is 26.3. The van der Waals surface area contributed by atoms with Gasteiger partial charge in [0.15, 0.2) is 0 Å². The number of allylic oxidation sites excluding steroid dienone is 1. The minimum absolute atomic E-state index is 0.000170. The fourth-order valence-electron chi connectivity index (χ4n) is 3.68. The first-order valence-electron chi connectivity index (χ1n) is 11.5. The second-order valence-corrected chi connectivity index (χ2v) is 11.9. The lowest BCUT2D eigenvalue weighted by atomic mass is 10.1. The fourth-order valence-corrected chi connectivity index (χ4v) is 5.76. The lowest BCUT2D eigenvalue weighted by Gasteiger charge is -2.04. The van der Waals surface area contributed by atoms with E-state index in [1.807, 2.05) is 36.6 Å². The summed E-state index contributed by atoms with van der Waals surface area (Å²) in [5.41, 5.74) is 3.37. The van der Waals surface area contributed by atoms with E-state index >= 15 is 0 Å². The Morgan fingerprint density at radius 1 is 1.05 bits per heavy atom. The summed E-state index contributed by atoms with van der Waals surface area (Å²) in [5.74, 6) is 0.649. The molecule has 194 valence electrons. The number of hydrogen-bond acceptors (Lipinski definition) is 8. The van der Waals surface area contributed by atoms with Gasteiger partial charge in [-0.15, -0.1) is 11.3 Å². The zero-order valence-corrected chi connectivity index (χ0v) is 22.9. The van der Waals surface area contributed by atoms with Crippen LogP contribution in [0.25, 0.3) is 34.2 Å². The molecular weight excluding hydrogens is 553 g/mol. The molecule has 0 saturated carbocycles. The minimum Gasteiger partial charge on any atom is -0.457 e. The lowest BCUT2D eigenvalue weighted by Crippen LogP contribution is -2.11. The van der Waals surface area contributed by atoms with Crippen LogP contribution in [0.4, 0.5) is 5.00 Å². The van der Waals surface area contributed by atoms with Crippen LogP contribution in [0.3, 0.4) is 0 Å². The van der Waals surface area contributed by atoms with E-state index in [4.69, 9.17) is 14.5 Å². The van der Waals surface area contributed by atoms with Crippen LogP contribution in [-0.4, -0.2) is 19.3 Å². The molecule has 0 radical (unpaired) electrons. The minimum atomic E-state index is -3.80. The van der Waals surface area contributed by atoms with Gasteiger partial charge in [-0.25, -0.2) is 18.5 Å². The molecule has 0 bridgehead atoms. The Morgan fingerprint density at radius 3 is 2.41 bits per heavy atom. The molecule has 3 heterocycles. The maximum atomic E-state index is 12.8. The number of amides is 1. The van der Waals surface area contributed by atoms with Crippen molar-refractivity contribution in [1.82, 2.24) is 4.98 Å². The van der Waals surface area contributed by atoms with Crippen LogP contribution < -0.4 is 10.5 Å². The summed E-state index contributed by atoms with van der Waals surface area (Å²) in [5, 5.41) is 20.9. The van der Waals surface area contributed by atoms with E-state index in [1.165, 1.54) is 34.8 Å². The maximum absolute atomic E-state index is 12.8. The largest absolute Gasteiger partial charge is 0.457 e. The third kappa shape index (κ3) is 5.89. The normalized spacial score (nSPS) is 11.8. The lowest BCUT2D eigenvalue weighted by molar-refractivity contribution is 0.103. The van der Waals surface area contributed by atoms with E-state index in [-0.39, 0.29) is 16.4 Å². The molecule has 8 nitrogen and oxygen atoms in total. The molecule has 5 rings (SSSR count).